The number of nitrogens with one attached hydrogen (secondary N) is 1. The summed E-state index contributed by atoms with van der Waals surface area (Å²) in [5.74, 6) is 0.821. The highest BCUT2D eigenvalue weighted by Crippen LogP contribution is 2.42. The van der Waals surface area contributed by atoms with E-state index in [0.29, 0.717) is 53.2 Å². The van der Waals surface area contributed by atoms with Crippen LogP contribution in [0.15, 0.2) is 73.1 Å². The quantitative estimate of drug-likeness (QED) is 0.136. The molecule has 2 aromatic heterocycles. The van der Waals surface area contributed by atoms with Crippen molar-refractivity contribution in [3.05, 3.63) is 84.2 Å². The van der Waals surface area contributed by atoms with Crippen molar-refractivity contribution in [2.45, 2.75) is 25.9 Å². The molecule has 3 N–H and O–H groups in total. The molecule has 1 amide bonds. The minimum absolute atomic E-state index is 0.0499. The van der Waals surface area contributed by atoms with E-state index in [1.807, 2.05) is 42.5 Å². The number of pyridine rings is 2. The molecule has 0 radical (unpaired) electrons. The lowest BCUT2D eigenvalue weighted by atomic mass is 9.95. The molecule has 4 aromatic rings. The maximum absolute atomic E-state index is 13.2. The third-order valence-electron chi connectivity index (χ3n) is 8.80. The van der Waals surface area contributed by atoms with Crippen molar-refractivity contribution in [3.8, 4) is 57.0 Å². The summed E-state index contributed by atoms with van der Waals surface area (Å²) in [6.07, 6.45) is 6.19. The van der Waals surface area contributed by atoms with Gasteiger partial charge in [0.2, 0.25) is 17.4 Å². The largest absolute Gasteiger partial charge is 0.493 e. The van der Waals surface area contributed by atoms with E-state index >= 15 is 0 Å². The average molecular weight is 759 g/mol. The standard InChI is InChI=1S/C36H42N4O7.C4H4O4/c1-42-29-17-26(18-30(43-2)34(29)46-5)28-16-23(9-13-37-28)21-39-36(41)24-10-14-40(15-11-24)22-25-8-7-12-38-33(25)27-19-31(44-3)35(47-6)32(20-27)45-4;5-3(6)1-2-4(7)8/h7-9,12-13,16-20,24H,10-11,14-15,21-22H2,1-6H3,(H,39,41);1-2H,(H,5,6)(H,7,8). The van der Waals surface area contributed by atoms with Crippen LogP contribution >= 0.6 is 0 Å². The van der Waals surface area contributed by atoms with Gasteiger partial charge in [-0.2, -0.15) is 0 Å². The molecule has 15 heteroatoms. The van der Waals surface area contributed by atoms with Crippen molar-refractivity contribution in [1.82, 2.24) is 20.2 Å². The molecule has 1 aliphatic rings. The number of carboxylic acids is 2. The van der Waals surface area contributed by atoms with Crippen LogP contribution < -0.4 is 33.7 Å². The number of hydrogen-bond acceptors (Lipinski definition) is 12. The van der Waals surface area contributed by atoms with E-state index in [4.69, 9.17) is 43.6 Å². The second-order valence-electron chi connectivity index (χ2n) is 12.2. The lowest BCUT2D eigenvalue weighted by Crippen LogP contribution is -2.40. The van der Waals surface area contributed by atoms with E-state index in [2.05, 4.69) is 21.3 Å². The highest BCUT2D eigenvalue weighted by atomic mass is 16.5. The van der Waals surface area contributed by atoms with Gasteiger partial charge in [0.05, 0.1) is 54.0 Å². The Balaban J connectivity index is 0.000000757. The number of likely N-dealkylation sites (tertiary alicyclic amines) is 1. The number of amides is 1. The molecule has 1 aliphatic heterocycles. The second kappa shape index (κ2) is 20.2. The molecule has 292 valence electrons. The number of nitrogens with zero attached hydrogens (tertiary/aromatic N) is 3. The molecule has 2 aromatic carbocycles. The molecular formula is C40H46N4O11. The minimum atomic E-state index is -1.26. The minimum Gasteiger partial charge on any atom is -0.493 e. The summed E-state index contributed by atoms with van der Waals surface area (Å²) >= 11 is 0. The van der Waals surface area contributed by atoms with Gasteiger partial charge >= 0.3 is 11.9 Å². The van der Waals surface area contributed by atoms with Gasteiger partial charge in [0.25, 0.3) is 0 Å². The Bertz CT molecular complexity index is 1910. The lowest BCUT2D eigenvalue weighted by Gasteiger charge is -2.31. The van der Waals surface area contributed by atoms with Gasteiger partial charge in [-0.25, -0.2) is 9.59 Å². The van der Waals surface area contributed by atoms with Gasteiger partial charge in [-0.05, 0) is 79.5 Å². The van der Waals surface area contributed by atoms with Gasteiger partial charge in [-0.15, -0.1) is 0 Å². The van der Waals surface area contributed by atoms with Crippen LogP contribution in [0.4, 0.5) is 0 Å². The number of piperidine rings is 1. The molecule has 0 bridgehead atoms. The van der Waals surface area contributed by atoms with Crippen molar-refractivity contribution in [1.29, 1.82) is 0 Å². The fourth-order valence-corrected chi connectivity index (χ4v) is 6.09. The van der Waals surface area contributed by atoms with Gasteiger partial charge in [-0.1, -0.05) is 6.07 Å². The number of methoxy groups -OCH3 is 6. The fraction of sp³-hybridized carbons (Fsp3) is 0.325. The molecule has 0 aliphatic carbocycles. The Labute approximate surface area is 319 Å². The summed E-state index contributed by atoms with van der Waals surface area (Å²) < 4.78 is 33.1. The maximum atomic E-state index is 13.2. The molecule has 1 fully saturated rings. The molecule has 0 unspecified atom stereocenters. The van der Waals surface area contributed by atoms with Crippen molar-refractivity contribution in [3.63, 3.8) is 0 Å². The number of aliphatic carboxylic acids is 2. The number of rotatable bonds is 15. The van der Waals surface area contributed by atoms with Crippen LogP contribution in [0.5, 0.6) is 34.5 Å². The molecule has 5 rings (SSSR count). The number of benzene rings is 2. The van der Waals surface area contributed by atoms with Gasteiger partial charge in [0, 0.05) is 54.7 Å². The molecular weight excluding hydrogens is 712 g/mol. The Morgan fingerprint density at radius 2 is 1.25 bits per heavy atom. The van der Waals surface area contributed by atoms with Crippen molar-refractivity contribution >= 4 is 17.8 Å². The van der Waals surface area contributed by atoms with Crippen LogP contribution in [0, 0.1) is 5.92 Å². The summed E-state index contributed by atoms with van der Waals surface area (Å²) in [6.45, 7) is 2.74. The predicted molar refractivity (Wildman–Crippen MR) is 203 cm³/mol. The normalized spacial score (nSPS) is 12.9. The van der Waals surface area contributed by atoms with Crippen LogP contribution in [0.1, 0.15) is 24.0 Å². The molecule has 0 saturated carbocycles. The van der Waals surface area contributed by atoms with Crippen molar-refractivity contribution in [2.24, 2.45) is 5.92 Å². The monoisotopic (exact) mass is 758 g/mol. The number of carbonyl (C=O) groups is 3. The van der Waals surface area contributed by atoms with Crippen molar-refractivity contribution in [2.75, 3.05) is 55.7 Å². The number of carboxylic acid groups (broad SMARTS) is 2. The zero-order chi connectivity index (χ0) is 39.9. The fourth-order valence-electron chi connectivity index (χ4n) is 6.09. The Kier molecular flexibility index (Phi) is 15.2. The zero-order valence-electron chi connectivity index (χ0n) is 31.7. The van der Waals surface area contributed by atoms with Gasteiger partial charge in [-0.3, -0.25) is 19.7 Å². The third-order valence-corrected chi connectivity index (χ3v) is 8.80. The number of hydrogen-bond donors (Lipinski definition) is 3. The van der Waals surface area contributed by atoms with E-state index in [0.717, 1.165) is 66.1 Å². The molecule has 15 nitrogen and oxygen atoms in total. The first-order chi connectivity index (χ1) is 26.5. The SMILES string of the molecule is COc1cc(-c2cc(CNC(=O)C3CCN(Cc4cccnc4-c4cc(OC)c(OC)c(OC)c4)CC3)ccn2)cc(OC)c1OC.O=C(O)C=CC(=O)O. The first-order valence-corrected chi connectivity index (χ1v) is 17.2. The van der Waals surface area contributed by atoms with E-state index in [9.17, 15) is 14.4 Å². The molecule has 0 spiro atoms. The van der Waals surface area contributed by atoms with Gasteiger partial charge in [0.1, 0.15) is 0 Å². The van der Waals surface area contributed by atoms with E-state index in [1.54, 1.807) is 55.1 Å². The lowest BCUT2D eigenvalue weighted by molar-refractivity contribution is -0.134. The summed E-state index contributed by atoms with van der Waals surface area (Å²) in [4.78, 5) is 43.9. The predicted octanol–water partition coefficient (Wildman–Crippen LogP) is 5.10. The average Bonchev–Trinajstić information content (AvgIpc) is 3.21. The van der Waals surface area contributed by atoms with Crippen molar-refractivity contribution < 1.29 is 53.0 Å². The smallest absolute Gasteiger partial charge is 0.328 e. The zero-order valence-corrected chi connectivity index (χ0v) is 31.7. The molecule has 0 atom stereocenters. The number of ether oxygens (including phenoxy) is 6. The highest BCUT2D eigenvalue weighted by molar-refractivity contribution is 5.89. The second-order valence-corrected chi connectivity index (χ2v) is 12.2. The first-order valence-electron chi connectivity index (χ1n) is 17.2. The molecule has 3 heterocycles. The Hall–Kier alpha value is -6.35. The van der Waals surface area contributed by atoms with Crippen LogP contribution in [-0.4, -0.2) is 98.7 Å². The number of aromatic nitrogens is 2. The Morgan fingerprint density at radius 1 is 0.727 bits per heavy atom. The van der Waals surface area contributed by atoms with Crippen LogP contribution in [0.3, 0.4) is 0 Å². The summed E-state index contributed by atoms with van der Waals surface area (Å²) in [7, 11) is 9.53. The van der Waals surface area contributed by atoms with E-state index < -0.39 is 11.9 Å². The topological polar surface area (TPSA) is 188 Å². The van der Waals surface area contributed by atoms with Gasteiger partial charge < -0.3 is 44.0 Å². The molecule has 1 saturated heterocycles. The first kappa shape index (κ1) is 41.4. The highest BCUT2D eigenvalue weighted by Gasteiger charge is 2.26. The third kappa shape index (κ3) is 11.1. The molecule has 55 heavy (non-hydrogen) atoms. The summed E-state index contributed by atoms with van der Waals surface area (Å²) in [6, 6.07) is 15.5. The maximum Gasteiger partial charge on any atom is 0.328 e. The van der Waals surface area contributed by atoms with Crippen LogP contribution in [0.25, 0.3) is 22.5 Å². The Morgan fingerprint density at radius 3 is 1.75 bits per heavy atom. The summed E-state index contributed by atoms with van der Waals surface area (Å²) in [5.41, 5.74) is 5.34. The van der Waals surface area contributed by atoms with Gasteiger partial charge in [0.15, 0.2) is 23.0 Å². The number of carbonyl (C=O) groups excluding carboxylic acids is 1. The van der Waals surface area contributed by atoms with E-state index in [-0.39, 0.29) is 11.8 Å². The van der Waals surface area contributed by atoms with Crippen LogP contribution in [0.2, 0.25) is 0 Å². The van der Waals surface area contributed by atoms with E-state index in [1.165, 1.54) is 0 Å². The summed E-state index contributed by atoms with van der Waals surface area (Å²) in [5, 5.41) is 18.8. The van der Waals surface area contributed by atoms with Crippen LogP contribution in [-0.2, 0) is 27.5 Å².